The second-order valence-electron chi connectivity index (χ2n) is 3.84. The second kappa shape index (κ2) is 6.46. The molecule has 1 aromatic rings. The van der Waals surface area contributed by atoms with Gasteiger partial charge in [0.1, 0.15) is 6.04 Å². The van der Waals surface area contributed by atoms with Crippen LogP contribution < -0.4 is 4.72 Å². The molecule has 0 aliphatic rings. The summed E-state index contributed by atoms with van der Waals surface area (Å²) in [6, 6.07) is 2.39. The Morgan fingerprint density at radius 1 is 1.44 bits per heavy atom. The van der Waals surface area contributed by atoms with Crippen molar-refractivity contribution >= 4 is 16.0 Å². The number of hydrogen-bond donors (Lipinski definition) is 2. The van der Waals surface area contributed by atoms with E-state index >= 15 is 0 Å². The molecule has 7 heteroatoms. The topological polar surface area (TPSA) is 96.4 Å². The molecular formula is C11H16N2O4S. The Morgan fingerprint density at radius 2 is 2.06 bits per heavy atom. The Kier molecular flexibility index (Phi) is 5.24. The van der Waals surface area contributed by atoms with Crippen molar-refractivity contribution in [3.05, 3.63) is 30.1 Å². The van der Waals surface area contributed by atoms with Crippen LogP contribution >= 0.6 is 0 Å². The number of aromatic nitrogens is 1. The molecule has 1 rings (SSSR count). The van der Waals surface area contributed by atoms with Gasteiger partial charge in [0.15, 0.2) is 0 Å². The average Bonchev–Trinajstić information content (AvgIpc) is 2.35. The second-order valence-corrected chi connectivity index (χ2v) is 5.71. The normalized spacial score (nSPS) is 13.2. The van der Waals surface area contributed by atoms with Crippen LogP contribution in [0.25, 0.3) is 0 Å². The largest absolute Gasteiger partial charge is 0.480 e. The smallest absolute Gasteiger partial charge is 0.321 e. The van der Waals surface area contributed by atoms with Crippen molar-refractivity contribution in [2.45, 2.75) is 25.8 Å². The molecule has 2 N–H and O–H groups in total. The van der Waals surface area contributed by atoms with Gasteiger partial charge in [0, 0.05) is 12.4 Å². The molecule has 0 fully saturated rings. The first kappa shape index (κ1) is 14.6. The molecule has 1 aromatic heterocycles. The summed E-state index contributed by atoms with van der Waals surface area (Å²) in [6.07, 6.45) is 3.71. The van der Waals surface area contributed by atoms with Crippen molar-refractivity contribution in [3.8, 4) is 0 Å². The summed E-state index contributed by atoms with van der Waals surface area (Å²) in [7, 11) is -3.59. The van der Waals surface area contributed by atoms with Gasteiger partial charge in [-0.2, -0.15) is 0 Å². The summed E-state index contributed by atoms with van der Waals surface area (Å²) in [5.74, 6) is -1.30. The van der Waals surface area contributed by atoms with Crippen LogP contribution in [0.15, 0.2) is 24.5 Å². The minimum Gasteiger partial charge on any atom is -0.480 e. The number of aryl methyl sites for hydroxylation is 1. The SMILES string of the molecule is CC[C@@H](NS(=O)(=O)CCc1ccncc1)C(=O)O. The lowest BCUT2D eigenvalue weighted by atomic mass is 10.2. The standard InChI is InChI=1S/C11H16N2O4S/c1-2-10(11(14)15)13-18(16,17)8-5-9-3-6-12-7-4-9/h3-4,6-7,10,13H,2,5,8H2,1H3,(H,14,15)/t10-/m1/s1. The van der Waals surface area contributed by atoms with Crippen molar-refractivity contribution < 1.29 is 18.3 Å². The van der Waals surface area contributed by atoms with Gasteiger partial charge in [0.2, 0.25) is 10.0 Å². The lowest BCUT2D eigenvalue weighted by Crippen LogP contribution is -2.41. The maximum Gasteiger partial charge on any atom is 0.321 e. The quantitative estimate of drug-likeness (QED) is 0.749. The van der Waals surface area contributed by atoms with E-state index < -0.39 is 22.0 Å². The summed E-state index contributed by atoms with van der Waals surface area (Å²) in [4.78, 5) is 14.6. The van der Waals surface area contributed by atoms with Crippen LogP contribution in [0.2, 0.25) is 0 Å². The lowest BCUT2D eigenvalue weighted by Gasteiger charge is -2.12. The van der Waals surface area contributed by atoms with Crippen molar-refractivity contribution in [2.75, 3.05) is 5.75 Å². The van der Waals surface area contributed by atoms with Gasteiger partial charge in [-0.25, -0.2) is 13.1 Å². The molecular weight excluding hydrogens is 256 g/mol. The zero-order chi connectivity index (χ0) is 13.6. The average molecular weight is 272 g/mol. The third kappa shape index (κ3) is 4.80. The molecule has 0 aliphatic heterocycles. The maximum absolute atomic E-state index is 11.7. The van der Waals surface area contributed by atoms with Crippen LogP contribution in [0.4, 0.5) is 0 Å². The number of rotatable bonds is 7. The molecule has 0 amide bonds. The van der Waals surface area contributed by atoms with E-state index in [2.05, 4.69) is 9.71 Å². The summed E-state index contributed by atoms with van der Waals surface area (Å²) in [5.41, 5.74) is 0.846. The van der Waals surface area contributed by atoms with E-state index in [-0.39, 0.29) is 12.2 Å². The number of aliphatic carboxylic acids is 1. The number of sulfonamides is 1. The lowest BCUT2D eigenvalue weighted by molar-refractivity contribution is -0.139. The van der Waals surface area contributed by atoms with E-state index in [1.165, 1.54) is 0 Å². The van der Waals surface area contributed by atoms with Crippen molar-refractivity contribution in [3.63, 3.8) is 0 Å². The maximum atomic E-state index is 11.7. The van der Waals surface area contributed by atoms with E-state index in [1.54, 1.807) is 31.5 Å². The fourth-order valence-corrected chi connectivity index (χ4v) is 2.71. The Hall–Kier alpha value is -1.47. The van der Waals surface area contributed by atoms with Gasteiger partial charge >= 0.3 is 5.97 Å². The Bertz CT molecular complexity index is 487. The number of pyridine rings is 1. The van der Waals surface area contributed by atoms with Crippen molar-refractivity contribution in [2.24, 2.45) is 0 Å². The number of nitrogens with one attached hydrogen (secondary N) is 1. The fraction of sp³-hybridized carbons (Fsp3) is 0.455. The van der Waals surface area contributed by atoms with Crippen LogP contribution in [0.1, 0.15) is 18.9 Å². The van der Waals surface area contributed by atoms with Crippen LogP contribution in [0.5, 0.6) is 0 Å². The predicted molar refractivity (Wildman–Crippen MR) is 66.6 cm³/mol. The molecule has 1 heterocycles. The highest BCUT2D eigenvalue weighted by atomic mass is 32.2. The number of carbonyl (C=O) groups is 1. The van der Waals surface area contributed by atoms with E-state index in [1.807, 2.05) is 0 Å². The molecule has 0 aromatic carbocycles. The predicted octanol–water partition coefficient (Wildman–Crippen LogP) is 0.407. The van der Waals surface area contributed by atoms with Gasteiger partial charge in [-0.3, -0.25) is 9.78 Å². The number of carboxylic acids is 1. The third-order valence-electron chi connectivity index (χ3n) is 2.44. The molecule has 100 valence electrons. The van der Waals surface area contributed by atoms with Gasteiger partial charge in [-0.15, -0.1) is 0 Å². The molecule has 0 unspecified atom stereocenters. The molecule has 0 saturated carbocycles. The summed E-state index contributed by atoms with van der Waals surface area (Å²) in [5, 5.41) is 8.79. The molecule has 0 bridgehead atoms. The molecule has 0 spiro atoms. The first-order valence-electron chi connectivity index (χ1n) is 5.56. The van der Waals surface area contributed by atoms with Crippen molar-refractivity contribution in [1.82, 2.24) is 9.71 Å². The molecule has 18 heavy (non-hydrogen) atoms. The van der Waals surface area contributed by atoms with E-state index in [4.69, 9.17) is 5.11 Å². The molecule has 0 aliphatic carbocycles. The molecule has 0 radical (unpaired) electrons. The minimum atomic E-state index is -3.59. The highest BCUT2D eigenvalue weighted by molar-refractivity contribution is 7.89. The first-order valence-corrected chi connectivity index (χ1v) is 7.21. The number of hydrogen-bond acceptors (Lipinski definition) is 4. The van der Waals surface area contributed by atoms with Crippen LogP contribution in [0, 0.1) is 0 Å². The van der Waals surface area contributed by atoms with Gasteiger partial charge in [-0.05, 0) is 30.5 Å². The molecule has 0 saturated heterocycles. The van der Waals surface area contributed by atoms with Gasteiger partial charge in [0.25, 0.3) is 0 Å². The highest BCUT2D eigenvalue weighted by Crippen LogP contribution is 2.02. The van der Waals surface area contributed by atoms with Crippen LogP contribution in [0.3, 0.4) is 0 Å². The zero-order valence-corrected chi connectivity index (χ0v) is 10.9. The zero-order valence-electron chi connectivity index (χ0n) is 10.0. The Labute approximate surface area is 106 Å². The number of carboxylic acid groups (broad SMARTS) is 1. The summed E-state index contributed by atoms with van der Waals surface area (Å²) < 4.78 is 25.5. The summed E-state index contributed by atoms with van der Waals surface area (Å²) in [6.45, 7) is 1.62. The van der Waals surface area contributed by atoms with Crippen molar-refractivity contribution in [1.29, 1.82) is 0 Å². The highest BCUT2D eigenvalue weighted by Gasteiger charge is 2.21. The Morgan fingerprint density at radius 3 is 2.56 bits per heavy atom. The van der Waals surface area contributed by atoms with E-state index in [9.17, 15) is 13.2 Å². The van der Waals surface area contributed by atoms with Gasteiger partial charge < -0.3 is 5.11 Å². The van der Waals surface area contributed by atoms with Crippen LogP contribution in [-0.2, 0) is 21.2 Å². The first-order chi connectivity index (χ1) is 8.44. The van der Waals surface area contributed by atoms with Gasteiger partial charge in [0.05, 0.1) is 5.75 Å². The number of nitrogens with zero attached hydrogens (tertiary/aromatic N) is 1. The van der Waals surface area contributed by atoms with E-state index in [0.717, 1.165) is 5.56 Å². The van der Waals surface area contributed by atoms with Crippen LogP contribution in [-0.4, -0.2) is 36.3 Å². The monoisotopic (exact) mass is 272 g/mol. The minimum absolute atomic E-state index is 0.138. The molecule has 1 atom stereocenters. The fourth-order valence-electron chi connectivity index (χ4n) is 1.39. The van der Waals surface area contributed by atoms with Gasteiger partial charge in [-0.1, -0.05) is 6.92 Å². The molecule has 6 nitrogen and oxygen atoms in total. The summed E-state index contributed by atoms with van der Waals surface area (Å²) >= 11 is 0. The van der Waals surface area contributed by atoms with E-state index in [0.29, 0.717) is 6.42 Å². The third-order valence-corrected chi connectivity index (χ3v) is 3.82. The Balaban J connectivity index is 2.57.